The number of nitrogens with zero attached hydrogens (tertiary/aromatic N) is 2. The van der Waals surface area contributed by atoms with E-state index in [0.29, 0.717) is 0 Å². The predicted molar refractivity (Wildman–Crippen MR) is 78.1 cm³/mol. The van der Waals surface area contributed by atoms with E-state index in [-0.39, 0.29) is 12.1 Å². The molecule has 0 saturated carbocycles. The maximum Gasteiger partial charge on any atom is 0.320 e. The van der Waals surface area contributed by atoms with E-state index < -0.39 is 0 Å². The summed E-state index contributed by atoms with van der Waals surface area (Å²) in [5, 5.41) is 14.7. The van der Waals surface area contributed by atoms with E-state index in [1.165, 1.54) is 22.6 Å². The molecule has 20 heavy (non-hydrogen) atoms. The lowest BCUT2D eigenvalue weighted by Crippen LogP contribution is -2.41. The average Bonchev–Trinajstić information content (AvgIpc) is 2.96. The Morgan fingerprint density at radius 1 is 1.50 bits per heavy atom. The third-order valence-corrected chi connectivity index (χ3v) is 4.47. The summed E-state index contributed by atoms with van der Waals surface area (Å²) in [5.41, 5.74) is 3.26. The van der Waals surface area contributed by atoms with E-state index in [0.717, 1.165) is 35.0 Å². The molecule has 0 saturated heterocycles. The molecular weight excluding hydrogens is 274 g/mol. The molecule has 0 radical (unpaired) electrons. The van der Waals surface area contributed by atoms with Crippen molar-refractivity contribution in [1.82, 2.24) is 20.5 Å². The molecule has 2 amide bonds. The minimum absolute atomic E-state index is 0.159. The van der Waals surface area contributed by atoms with Crippen LogP contribution in [0.25, 0.3) is 0 Å². The smallest absolute Gasteiger partial charge is 0.320 e. The van der Waals surface area contributed by atoms with Crippen LogP contribution in [0.3, 0.4) is 0 Å². The number of carbonyl (C=O) groups excluding carboxylic acids is 1. The molecule has 1 unspecified atom stereocenters. The Hall–Kier alpha value is -1.89. The third kappa shape index (κ3) is 2.67. The van der Waals surface area contributed by atoms with Crippen LogP contribution in [0.4, 0.5) is 9.80 Å². The van der Waals surface area contributed by atoms with E-state index in [1.54, 1.807) is 0 Å². The van der Waals surface area contributed by atoms with Gasteiger partial charge in [-0.15, -0.1) is 11.3 Å². The Morgan fingerprint density at radius 3 is 3.10 bits per heavy atom. The van der Waals surface area contributed by atoms with Gasteiger partial charge in [-0.3, -0.25) is 10.4 Å². The van der Waals surface area contributed by atoms with Crippen molar-refractivity contribution < 1.29 is 4.79 Å². The monoisotopic (exact) mass is 291 g/mol. The van der Waals surface area contributed by atoms with Crippen molar-refractivity contribution in [2.45, 2.75) is 39.2 Å². The van der Waals surface area contributed by atoms with Gasteiger partial charge in [-0.25, -0.2) is 9.78 Å². The molecule has 2 heterocycles. The summed E-state index contributed by atoms with van der Waals surface area (Å²) >= 11 is 1.50. The van der Waals surface area contributed by atoms with Crippen LogP contribution in [0.15, 0.2) is 6.20 Å². The minimum Gasteiger partial charge on any atom is -0.335 e. The topological polar surface area (TPSA) is 82.7 Å². The number of thiazole rings is 1. The summed E-state index contributed by atoms with van der Waals surface area (Å²) in [6.07, 6.45) is 4.54. The number of hydrogen-bond acceptors (Lipinski definition) is 4. The molecule has 3 N–H and O–H groups in total. The summed E-state index contributed by atoms with van der Waals surface area (Å²) < 4.78 is 0. The Morgan fingerprint density at radius 2 is 2.35 bits per heavy atom. The van der Waals surface area contributed by atoms with Gasteiger partial charge >= 0.3 is 6.03 Å². The van der Waals surface area contributed by atoms with E-state index in [1.807, 2.05) is 20.0 Å². The van der Waals surface area contributed by atoms with Crippen molar-refractivity contribution >= 4 is 22.4 Å². The van der Waals surface area contributed by atoms with Crippen LogP contribution in [0.2, 0.25) is 0 Å². The number of fused-ring (bicyclic) bond motifs is 1. The number of urea groups is 1. The third-order valence-electron chi connectivity index (χ3n) is 3.48. The molecule has 6 nitrogen and oxygen atoms in total. The lowest BCUT2D eigenvalue weighted by Gasteiger charge is -2.22. The van der Waals surface area contributed by atoms with Gasteiger partial charge in [-0.1, -0.05) is 0 Å². The van der Waals surface area contributed by atoms with Gasteiger partial charge in [0.1, 0.15) is 5.00 Å². The maximum atomic E-state index is 12.0. The molecule has 0 bridgehead atoms. The van der Waals surface area contributed by atoms with Crippen LogP contribution >= 0.6 is 11.3 Å². The molecule has 3 rings (SSSR count). The SMILES string of the molecule is Cc1nc(C)c(NC(=O)NC2CCc3[nH]ncc3C2)s1. The second-order valence-electron chi connectivity index (χ2n) is 5.06. The number of rotatable bonds is 2. The highest BCUT2D eigenvalue weighted by molar-refractivity contribution is 7.16. The molecule has 1 aliphatic carbocycles. The summed E-state index contributed by atoms with van der Waals surface area (Å²) in [4.78, 5) is 16.3. The molecule has 7 heteroatoms. The number of carbonyl (C=O) groups is 1. The number of aryl methyl sites for hydroxylation is 3. The highest BCUT2D eigenvalue weighted by atomic mass is 32.1. The first-order valence-corrected chi connectivity index (χ1v) is 7.46. The van der Waals surface area contributed by atoms with Crippen LogP contribution in [0.1, 0.15) is 28.4 Å². The minimum atomic E-state index is -0.159. The van der Waals surface area contributed by atoms with Crippen molar-refractivity contribution in [3.8, 4) is 0 Å². The molecule has 1 aliphatic rings. The second kappa shape index (κ2) is 5.24. The first kappa shape index (κ1) is 13.1. The quantitative estimate of drug-likeness (QED) is 0.793. The zero-order valence-corrected chi connectivity index (χ0v) is 12.3. The fourth-order valence-electron chi connectivity index (χ4n) is 2.51. The largest absolute Gasteiger partial charge is 0.335 e. The number of hydrogen-bond donors (Lipinski definition) is 3. The molecule has 0 aromatic carbocycles. The van der Waals surface area contributed by atoms with Crippen molar-refractivity contribution in [2.75, 3.05) is 5.32 Å². The van der Waals surface area contributed by atoms with Gasteiger partial charge in [0.2, 0.25) is 0 Å². The molecule has 0 fully saturated rings. The Balaban J connectivity index is 1.59. The summed E-state index contributed by atoms with van der Waals surface area (Å²) in [7, 11) is 0. The van der Waals surface area contributed by atoms with Gasteiger partial charge < -0.3 is 5.32 Å². The lowest BCUT2D eigenvalue weighted by molar-refractivity contribution is 0.247. The fourth-order valence-corrected chi connectivity index (χ4v) is 3.33. The predicted octanol–water partition coefficient (Wildman–Crippen LogP) is 2.16. The fraction of sp³-hybridized carbons (Fsp3) is 0.462. The summed E-state index contributed by atoms with van der Waals surface area (Å²) in [6.45, 7) is 3.83. The molecule has 1 atom stereocenters. The molecule has 2 aromatic heterocycles. The van der Waals surface area contributed by atoms with Crippen LogP contribution in [0.5, 0.6) is 0 Å². The zero-order chi connectivity index (χ0) is 14.1. The van der Waals surface area contributed by atoms with E-state index in [9.17, 15) is 4.79 Å². The summed E-state index contributed by atoms with van der Waals surface area (Å²) in [5.74, 6) is 0. The van der Waals surface area contributed by atoms with Crippen LogP contribution < -0.4 is 10.6 Å². The van der Waals surface area contributed by atoms with Crippen molar-refractivity contribution in [2.24, 2.45) is 0 Å². The van der Waals surface area contributed by atoms with Crippen LogP contribution in [-0.4, -0.2) is 27.3 Å². The van der Waals surface area contributed by atoms with Gasteiger partial charge in [-0.05, 0) is 38.7 Å². The first-order chi connectivity index (χ1) is 9.61. The zero-order valence-electron chi connectivity index (χ0n) is 11.5. The average molecular weight is 291 g/mol. The highest BCUT2D eigenvalue weighted by Gasteiger charge is 2.21. The highest BCUT2D eigenvalue weighted by Crippen LogP contribution is 2.23. The number of aromatic nitrogens is 3. The van der Waals surface area contributed by atoms with Gasteiger partial charge in [0, 0.05) is 11.7 Å². The maximum absolute atomic E-state index is 12.0. The van der Waals surface area contributed by atoms with Crippen molar-refractivity contribution in [3.63, 3.8) is 0 Å². The van der Waals surface area contributed by atoms with Gasteiger partial charge in [0.05, 0.1) is 16.9 Å². The van der Waals surface area contributed by atoms with Crippen molar-refractivity contribution in [1.29, 1.82) is 0 Å². The van der Waals surface area contributed by atoms with Gasteiger partial charge in [0.25, 0.3) is 0 Å². The number of anilines is 1. The van der Waals surface area contributed by atoms with E-state index in [4.69, 9.17) is 0 Å². The Labute approximate surface area is 121 Å². The van der Waals surface area contributed by atoms with Gasteiger partial charge in [-0.2, -0.15) is 5.10 Å². The van der Waals surface area contributed by atoms with Gasteiger partial charge in [0.15, 0.2) is 0 Å². The van der Waals surface area contributed by atoms with Crippen LogP contribution in [-0.2, 0) is 12.8 Å². The van der Waals surface area contributed by atoms with E-state index in [2.05, 4.69) is 25.8 Å². The summed E-state index contributed by atoms with van der Waals surface area (Å²) in [6, 6.07) is 0.00289. The number of amides is 2. The number of H-pyrrole nitrogens is 1. The molecule has 106 valence electrons. The van der Waals surface area contributed by atoms with E-state index >= 15 is 0 Å². The lowest BCUT2D eigenvalue weighted by atomic mass is 9.94. The number of nitrogens with one attached hydrogen (secondary N) is 3. The normalized spacial score (nSPS) is 17.6. The van der Waals surface area contributed by atoms with Crippen molar-refractivity contribution in [3.05, 3.63) is 28.2 Å². The molecule has 0 aliphatic heterocycles. The molecule has 0 spiro atoms. The first-order valence-electron chi connectivity index (χ1n) is 6.64. The Bertz CT molecular complexity index is 632. The van der Waals surface area contributed by atoms with Crippen LogP contribution in [0, 0.1) is 13.8 Å². The number of aromatic amines is 1. The molecular formula is C13H17N5OS. The Kier molecular flexibility index (Phi) is 3.43. The standard InChI is InChI=1S/C13H17N5OS/c1-7-12(20-8(2)15-7)17-13(19)16-10-3-4-11-9(5-10)6-14-18-11/h6,10H,3-5H2,1-2H3,(H,14,18)(H2,16,17,19). The molecule has 2 aromatic rings. The second-order valence-corrected chi connectivity index (χ2v) is 6.26.